The molecule has 5 rings (SSSR count). The second kappa shape index (κ2) is 7.90. The van der Waals surface area contributed by atoms with E-state index >= 15 is 0 Å². The van der Waals surface area contributed by atoms with Gasteiger partial charge < -0.3 is 14.2 Å². The van der Waals surface area contributed by atoms with Crippen LogP contribution in [0.3, 0.4) is 0 Å². The Morgan fingerprint density at radius 3 is 2.71 bits per heavy atom. The normalized spacial score (nSPS) is 14.6. The van der Waals surface area contributed by atoms with Crippen LogP contribution in [0.2, 0.25) is 0 Å². The van der Waals surface area contributed by atoms with E-state index in [1.807, 2.05) is 17.6 Å². The zero-order valence-electron chi connectivity index (χ0n) is 17.0. The largest absolute Gasteiger partial charge is 0.378 e. The van der Waals surface area contributed by atoms with E-state index in [2.05, 4.69) is 5.10 Å². The van der Waals surface area contributed by atoms with Crippen LogP contribution in [0.1, 0.15) is 10.4 Å². The average Bonchev–Trinajstić information content (AvgIpc) is 3.28. The standard InChI is InChI=1S/C22H21FN4O3S/c1-14-10-18-21(31-14)17-11-24-27(13-19(28)25-6-8-30-9-7-25)22(29)20(17)26(18)12-15-2-4-16(23)5-3-15/h2-5,10-11H,6-9,12-13H2,1H3. The minimum Gasteiger partial charge on any atom is -0.378 e. The van der Waals surface area contributed by atoms with Crippen molar-refractivity contribution in [3.8, 4) is 0 Å². The van der Waals surface area contributed by atoms with Crippen LogP contribution >= 0.6 is 11.3 Å². The smallest absolute Gasteiger partial charge is 0.291 e. The minimum atomic E-state index is -0.303. The number of aryl methyl sites for hydroxylation is 1. The molecule has 0 saturated carbocycles. The maximum absolute atomic E-state index is 13.4. The molecule has 0 bridgehead atoms. The number of hydrogen-bond acceptors (Lipinski definition) is 5. The lowest BCUT2D eigenvalue weighted by Gasteiger charge is -2.26. The van der Waals surface area contributed by atoms with Crippen LogP contribution in [0.5, 0.6) is 0 Å². The molecule has 1 amide bonds. The first-order valence-corrected chi connectivity index (χ1v) is 10.9. The van der Waals surface area contributed by atoms with Gasteiger partial charge in [-0.2, -0.15) is 5.10 Å². The molecular formula is C22H21FN4O3S. The summed E-state index contributed by atoms with van der Waals surface area (Å²) in [6, 6.07) is 8.31. The third kappa shape index (κ3) is 3.64. The molecule has 31 heavy (non-hydrogen) atoms. The topological polar surface area (TPSA) is 69.4 Å². The van der Waals surface area contributed by atoms with Gasteiger partial charge in [0, 0.05) is 29.9 Å². The third-order valence-corrected chi connectivity index (χ3v) is 6.64. The number of nitrogens with zero attached hydrogens (tertiary/aromatic N) is 4. The first-order chi connectivity index (χ1) is 15.0. The highest BCUT2D eigenvalue weighted by Crippen LogP contribution is 2.34. The fourth-order valence-corrected chi connectivity index (χ4v) is 5.04. The summed E-state index contributed by atoms with van der Waals surface area (Å²) < 4.78 is 22.8. The van der Waals surface area contributed by atoms with E-state index in [1.54, 1.807) is 34.6 Å². The first kappa shape index (κ1) is 19.9. The molecule has 0 N–H and O–H groups in total. The SMILES string of the molecule is Cc1cc2c(s1)c1cnn(CC(=O)N3CCOCC3)c(=O)c1n2Cc1ccc(F)cc1. The van der Waals surface area contributed by atoms with Gasteiger partial charge in [-0.15, -0.1) is 11.3 Å². The van der Waals surface area contributed by atoms with E-state index in [0.29, 0.717) is 38.4 Å². The van der Waals surface area contributed by atoms with Crippen molar-refractivity contribution in [1.82, 2.24) is 19.2 Å². The van der Waals surface area contributed by atoms with Crippen molar-refractivity contribution in [3.63, 3.8) is 0 Å². The lowest BCUT2D eigenvalue weighted by molar-refractivity contribution is -0.136. The van der Waals surface area contributed by atoms with Crippen LogP contribution in [0.25, 0.3) is 21.1 Å². The van der Waals surface area contributed by atoms with Crippen molar-refractivity contribution in [2.75, 3.05) is 26.3 Å². The monoisotopic (exact) mass is 440 g/mol. The predicted molar refractivity (Wildman–Crippen MR) is 117 cm³/mol. The van der Waals surface area contributed by atoms with E-state index in [1.165, 1.54) is 16.8 Å². The van der Waals surface area contributed by atoms with Crippen molar-refractivity contribution in [1.29, 1.82) is 0 Å². The fourth-order valence-electron chi connectivity index (χ4n) is 4.01. The lowest BCUT2D eigenvalue weighted by atomic mass is 10.2. The van der Waals surface area contributed by atoms with Gasteiger partial charge in [0.2, 0.25) is 5.91 Å². The Morgan fingerprint density at radius 1 is 1.23 bits per heavy atom. The molecule has 160 valence electrons. The summed E-state index contributed by atoms with van der Waals surface area (Å²) in [4.78, 5) is 28.9. The number of hydrogen-bond donors (Lipinski definition) is 0. The highest BCUT2D eigenvalue weighted by atomic mass is 32.1. The Kier molecular flexibility index (Phi) is 5.07. The molecule has 1 fully saturated rings. The number of carbonyl (C=O) groups excluding carboxylic acids is 1. The quantitative estimate of drug-likeness (QED) is 0.489. The maximum atomic E-state index is 13.4. The summed E-state index contributed by atoms with van der Waals surface area (Å²) in [7, 11) is 0. The molecule has 0 spiro atoms. The van der Waals surface area contributed by atoms with E-state index in [0.717, 1.165) is 26.0 Å². The van der Waals surface area contributed by atoms with Gasteiger partial charge in [0.25, 0.3) is 5.56 Å². The van der Waals surface area contributed by atoms with Crippen LogP contribution in [0.4, 0.5) is 4.39 Å². The summed E-state index contributed by atoms with van der Waals surface area (Å²) >= 11 is 1.61. The fraction of sp³-hybridized carbons (Fsp3) is 0.318. The number of rotatable bonds is 4. The number of fused-ring (bicyclic) bond motifs is 3. The van der Waals surface area contributed by atoms with Crippen LogP contribution in [0, 0.1) is 12.7 Å². The lowest BCUT2D eigenvalue weighted by Crippen LogP contribution is -2.43. The summed E-state index contributed by atoms with van der Waals surface area (Å²) in [6.07, 6.45) is 1.67. The molecule has 4 heterocycles. The van der Waals surface area contributed by atoms with Crippen LogP contribution in [-0.2, 0) is 22.6 Å². The number of morpholine rings is 1. The van der Waals surface area contributed by atoms with Crippen molar-refractivity contribution in [2.24, 2.45) is 0 Å². The molecule has 9 heteroatoms. The number of aromatic nitrogens is 3. The molecule has 1 saturated heterocycles. The van der Waals surface area contributed by atoms with Crippen LogP contribution < -0.4 is 5.56 Å². The van der Waals surface area contributed by atoms with Gasteiger partial charge in [0.1, 0.15) is 17.9 Å². The van der Waals surface area contributed by atoms with Crippen molar-refractivity contribution in [3.05, 3.63) is 63.1 Å². The predicted octanol–water partition coefficient (Wildman–Crippen LogP) is 2.77. The number of carbonyl (C=O) groups is 1. The molecule has 7 nitrogen and oxygen atoms in total. The molecule has 1 aliphatic heterocycles. The number of halogens is 1. The van der Waals surface area contributed by atoms with Crippen LogP contribution in [0.15, 0.2) is 41.3 Å². The van der Waals surface area contributed by atoms with Crippen molar-refractivity contribution in [2.45, 2.75) is 20.0 Å². The molecule has 3 aromatic heterocycles. The Bertz CT molecular complexity index is 1330. The Balaban J connectivity index is 1.59. The van der Waals surface area contributed by atoms with Gasteiger partial charge in [-0.3, -0.25) is 9.59 Å². The third-order valence-electron chi connectivity index (χ3n) is 5.56. The zero-order valence-corrected chi connectivity index (χ0v) is 17.8. The molecule has 0 aliphatic carbocycles. The van der Waals surface area contributed by atoms with Gasteiger partial charge in [-0.25, -0.2) is 9.07 Å². The molecular weight excluding hydrogens is 419 g/mol. The van der Waals surface area contributed by atoms with E-state index in [4.69, 9.17) is 4.74 Å². The number of thiophene rings is 1. The summed E-state index contributed by atoms with van der Waals surface area (Å²) in [5.74, 6) is -0.447. The molecule has 0 radical (unpaired) electrons. The van der Waals surface area contributed by atoms with Crippen molar-refractivity contribution >= 4 is 38.4 Å². The molecule has 1 aliphatic rings. The van der Waals surface area contributed by atoms with Crippen LogP contribution in [-0.4, -0.2) is 51.5 Å². The van der Waals surface area contributed by atoms with E-state index < -0.39 is 0 Å². The summed E-state index contributed by atoms with van der Waals surface area (Å²) in [6.45, 7) is 4.38. The molecule has 1 aromatic carbocycles. The molecule has 4 aromatic rings. The maximum Gasteiger partial charge on any atom is 0.291 e. The van der Waals surface area contributed by atoms with Gasteiger partial charge in [0.15, 0.2) is 0 Å². The minimum absolute atomic E-state index is 0.108. The number of amides is 1. The van der Waals surface area contributed by atoms with E-state index in [9.17, 15) is 14.0 Å². The highest BCUT2D eigenvalue weighted by molar-refractivity contribution is 7.20. The Labute approximate surface area is 181 Å². The van der Waals surface area contributed by atoms with Gasteiger partial charge in [-0.1, -0.05) is 12.1 Å². The Hall–Kier alpha value is -3.04. The van der Waals surface area contributed by atoms with Gasteiger partial charge in [-0.05, 0) is 30.7 Å². The second-order valence-corrected chi connectivity index (χ2v) is 8.90. The average molecular weight is 441 g/mol. The number of ether oxygens (including phenoxy) is 1. The molecule has 0 unspecified atom stereocenters. The highest BCUT2D eigenvalue weighted by Gasteiger charge is 2.21. The molecule has 0 atom stereocenters. The number of benzene rings is 1. The van der Waals surface area contributed by atoms with Crippen molar-refractivity contribution < 1.29 is 13.9 Å². The Morgan fingerprint density at radius 2 is 1.97 bits per heavy atom. The second-order valence-electron chi connectivity index (χ2n) is 7.65. The summed E-state index contributed by atoms with van der Waals surface area (Å²) in [5, 5.41) is 5.08. The van der Waals surface area contributed by atoms with Gasteiger partial charge in [0.05, 0.1) is 29.6 Å². The summed E-state index contributed by atoms with van der Waals surface area (Å²) in [5.41, 5.74) is 2.03. The van der Waals surface area contributed by atoms with E-state index in [-0.39, 0.29) is 23.8 Å². The first-order valence-electron chi connectivity index (χ1n) is 10.1. The zero-order chi connectivity index (χ0) is 21.5. The van der Waals surface area contributed by atoms with Gasteiger partial charge >= 0.3 is 0 Å².